The van der Waals surface area contributed by atoms with Crippen LogP contribution in [0.25, 0.3) is 0 Å². The minimum Gasteiger partial charge on any atom is -0.489 e. The maximum atomic E-state index is 13.7. The van der Waals surface area contributed by atoms with E-state index < -0.39 is 0 Å². The SMILES string of the molecule is N[C@H]1CCCc2ccc(OCc3cc(Br)ccc3F)cc21. The van der Waals surface area contributed by atoms with Gasteiger partial charge in [-0.25, -0.2) is 4.39 Å². The van der Waals surface area contributed by atoms with Gasteiger partial charge in [0.1, 0.15) is 18.2 Å². The molecule has 2 N–H and O–H groups in total. The molecule has 0 unspecified atom stereocenters. The van der Waals surface area contributed by atoms with E-state index in [4.69, 9.17) is 10.5 Å². The van der Waals surface area contributed by atoms with Crippen LogP contribution in [-0.2, 0) is 13.0 Å². The van der Waals surface area contributed by atoms with E-state index in [-0.39, 0.29) is 18.5 Å². The zero-order valence-electron chi connectivity index (χ0n) is 11.6. The monoisotopic (exact) mass is 349 g/mol. The lowest BCUT2D eigenvalue weighted by Crippen LogP contribution is -2.17. The molecule has 1 atom stereocenters. The van der Waals surface area contributed by atoms with E-state index >= 15 is 0 Å². The van der Waals surface area contributed by atoms with Crippen LogP contribution in [0.3, 0.4) is 0 Å². The lowest BCUT2D eigenvalue weighted by atomic mass is 9.88. The second-order valence-corrected chi connectivity index (χ2v) is 6.30. The van der Waals surface area contributed by atoms with Crippen molar-refractivity contribution in [2.75, 3.05) is 0 Å². The van der Waals surface area contributed by atoms with E-state index in [0.717, 1.165) is 35.0 Å². The van der Waals surface area contributed by atoms with Gasteiger partial charge in [0.2, 0.25) is 0 Å². The second-order valence-electron chi connectivity index (χ2n) is 5.38. The number of ether oxygens (including phenoxy) is 1. The van der Waals surface area contributed by atoms with Crippen molar-refractivity contribution in [3.8, 4) is 5.75 Å². The first-order valence-corrected chi connectivity index (χ1v) is 7.88. The molecule has 4 heteroatoms. The highest BCUT2D eigenvalue weighted by atomic mass is 79.9. The number of hydrogen-bond donors (Lipinski definition) is 1. The highest BCUT2D eigenvalue weighted by molar-refractivity contribution is 9.10. The summed E-state index contributed by atoms with van der Waals surface area (Å²) in [6.45, 7) is 0.208. The molecule has 1 aliphatic carbocycles. The third-order valence-corrected chi connectivity index (χ3v) is 4.37. The van der Waals surface area contributed by atoms with Crippen LogP contribution in [0.1, 0.15) is 35.6 Å². The normalized spacial score (nSPS) is 17.4. The molecule has 2 aromatic rings. The second kappa shape index (κ2) is 6.16. The Hall–Kier alpha value is -1.39. The molecule has 0 amide bonds. The van der Waals surface area contributed by atoms with Crippen molar-refractivity contribution in [3.05, 3.63) is 63.4 Å². The first-order valence-electron chi connectivity index (χ1n) is 7.08. The molecule has 2 aromatic carbocycles. The molecular formula is C17H17BrFNO. The van der Waals surface area contributed by atoms with Crippen LogP contribution >= 0.6 is 15.9 Å². The third kappa shape index (κ3) is 3.27. The van der Waals surface area contributed by atoms with Crippen LogP contribution in [0.2, 0.25) is 0 Å². The Morgan fingerprint density at radius 1 is 1.24 bits per heavy atom. The number of aryl methyl sites for hydroxylation is 1. The van der Waals surface area contributed by atoms with E-state index in [1.165, 1.54) is 11.6 Å². The molecule has 0 heterocycles. The fourth-order valence-electron chi connectivity index (χ4n) is 2.72. The summed E-state index contributed by atoms with van der Waals surface area (Å²) in [5.74, 6) is 0.485. The Balaban J connectivity index is 1.76. The Bertz CT molecular complexity index is 659. The molecule has 0 saturated carbocycles. The van der Waals surface area contributed by atoms with Gasteiger partial charge in [-0.15, -0.1) is 0 Å². The van der Waals surface area contributed by atoms with Gasteiger partial charge < -0.3 is 10.5 Å². The number of hydrogen-bond acceptors (Lipinski definition) is 2. The van der Waals surface area contributed by atoms with Crippen molar-refractivity contribution in [1.82, 2.24) is 0 Å². The lowest BCUT2D eigenvalue weighted by molar-refractivity contribution is 0.299. The van der Waals surface area contributed by atoms with Crippen LogP contribution in [0, 0.1) is 5.82 Å². The first kappa shape index (κ1) is 14.5. The van der Waals surface area contributed by atoms with Gasteiger partial charge in [-0.1, -0.05) is 22.0 Å². The Kier molecular flexibility index (Phi) is 4.27. The fraction of sp³-hybridized carbons (Fsp3) is 0.294. The predicted molar refractivity (Wildman–Crippen MR) is 84.7 cm³/mol. The zero-order valence-corrected chi connectivity index (χ0v) is 13.2. The van der Waals surface area contributed by atoms with Crippen LogP contribution in [-0.4, -0.2) is 0 Å². The average molecular weight is 350 g/mol. The summed E-state index contributed by atoms with van der Waals surface area (Å²) in [5.41, 5.74) is 9.14. The van der Waals surface area contributed by atoms with Gasteiger partial charge in [0.25, 0.3) is 0 Å². The van der Waals surface area contributed by atoms with E-state index in [0.29, 0.717) is 5.56 Å². The third-order valence-electron chi connectivity index (χ3n) is 3.88. The smallest absolute Gasteiger partial charge is 0.129 e. The fourth-order valence-corrected chi connectivity index (χ4v) is 3.13. The summed E-state index contributed by atoms with van der Waals surface area (Å²) in [5, 5.41) is 0. The van der Waals surface area contributed by atoms with E-state index in [1.807, 2.05) is 12.1 Å². The molecule has 0 saturated heterocycles. The molecule has 0 spiro atoms. The van der Waals surface area contributed by atoms with Crippen molar-refractivity contribution in [2.45, 2.75) is 31.9 Å². The van der Waals surface area contributed by atoms with Gasteiger partial charge in [0, 0.05) is 16.1 Å². The molecule has 0 aromatic heterocycles. The molecule has 0 radical (unpaired) electrons. The quantitative estimate of drug-likeness (QED) is 0.884. The molecular weight excluding hydrogens is 333 g/mol. The average Bonchev–Trinajstić information content (AvgIpc) is 2.49. The highest BCUT2D eigenvalue weighted by Crippen LogP contribution is 2.31. The topological polar surface area (TPSA) is 35.2 Å². The van der Waals surface area contributed by atoms with Gasteiger partial charge in [-0.3, -0.25) is 0 Å². The molecule has 3 rings (SSSR count). The van der Waals surface area contributed by atoms with Crippen molar-refractivity contribution in [2.24, 2.45) is 5.73 Å². The largest absolute Gasteiger partial charge is 0.489 e. The minimum atomic E-state index is -0.257. The van der Waals surface area contributed by atoms with Gasteiger partial charge in [-0.2, -0.15) is 0 Å². The lowest BCUT2D eigenvalue weighted by Gasteiger charge is -2.22. The maximum Gasteiger partial charge on any atom is 0.129 e. The van der Waals surface area contributed by atoms with E-state index in [1.54, 1.807) is 12.1 Å². The number of fused-ring (bicyclic) bond motifs is 1. The van der Waals surface area contributed by atoms with Crippen molar-refractivity contribution in [3.63, 3.8) is 0 Å². The van der Waals surface area contributed by atoms with Crippen molar-refractivity contribution >= 4 is 15.9 Å². The van der Waals surface area contributed by atoms with Crippen molar-refractivity contribution < 1.29 is 9.13 Å². The Morgan fingerprint density at radius 2 is 2.10 bits per heavy atom. The van der Waals surface area contributed by atoms with Crippen LogP contribution in [0.15, 0.2) is 40.9 Å². The molecule has 110 valence electrons. The number of halogens is 2. The Morgan fingerprint density at radius 3 is 2.95 bits per heavy atom. The van der Waals surface area contributed by atoms with Crippen molar-refractivity contribution in [1.29, 1.82) is 0 Å². The summed E-state index contributed by atoms with van der Waals surface area (Å²) in [4.78, 5) is 0. The zero-order chi connectivity index (χ0) is 14.8. The first-order chi connectivity index (χ1) is 10.1. The predicted octanol–water partition coefficient (Wildman–Crippen LogP) is 4.50. The van der Waals surface area contributed by atoms with E-state index in [9.17, 15) is 4.39 Å². The summed E-state index contributed by atoms with van der Waals surface area (Å²) in [6.07, 6.45) is 3.22. The van der Waals surface area contributed by atoms with Crippen LogP contribution < -0.4 is 10.5 Å². The molecule has 21 heavy (non-hydrogen) atoms. The highest BCUT2D eigenvalue weighted by Gasteiger charge is 2.17. The molecule has 0 fully saturated rings. The maximum absolute atomic E-state index is 13.7. The van der Waals surface area contributed by atoms with Gasteiger partial charge in [0.15, 0.2) is 0 Å². The molecule has 0 aliphatic heterocycles. The van der Waals surface area contributed by atoms with Gasteiger partial charge in [-0.05, 0) is 60.7 Å². The van der Waals surface area contributed by atoms with Gasteiger partial charge >= 0.3 is 0 Å². The summed E-state index contributed by atoms with van der Waals surface area (Å²) >= 11 is 3.34. The molecule has 1 aliphatic rings. The Labute approximate surface area is 132 Å². The summed E-state index contributed by atoms with van der Waals surface area (Å²) < 4.78 is 20.3. The number of rotatable bonds is 3. The number of benzene rings is 2. The summed E-state index contributed by atoms with van der Waals surface area (Å²) in [6, 6.07) is 10.9. The van der Waals surface area contributed by atoms with Crippen LogP contribution in [0.5, 0.6) is 5.75 Å². The number of nitrogens with two attached hydrogens (primary N) is 1. The molecule has 2 nitrogen and oxygen atoms in total. The summed E-state index contributed by atoms with van der Waals surface area (Å²) in [7, 11) is 0. The van der Waals surface area contributed by atoms with Crippen LogP contribution in [0.4, 0.5) is 4.39 Å². The van der Waals surface area contributed by atoms with Gasteiger partial charge in [0.05, 0.1) is 0 Å². The van der Waals surface area contributed by atoms with E-state index in [2.05, 4.69) is 22.0 Å². The molecule has 0 bridgehead atoms. The minimum absolute atomic E-state index is 0.0832. The standard InChI is InChI=1S/C17H17BrFNO/c18-13-5-7-16(19)12(8-13)10-21-14-6-4-11-2-1-3-17(20)15(11)9-14/h4-9,17H,1-3,10,20H2/t17-/m0/s1.